The van der Waals surface area contributed by atoms with Crippen LogP contribution in [0.15, 0.2) is 48.5 Å². The minimum Gasteiger partial charge on any atom is -0.508 e. The first-order valence-corrected chi connectivity index (χ1v) is 5.96. The average Bonchev–Trinajstić information content (AvgIpc) is 2.44. The van der Waals surface area contributed by atoms with Gasteiger partial charge in [0, 0.05) is 12.1 Å². The van der Waals surface area contributed by atoms with Gasteiger partial charge in [-0.15, -0.1) is 0 Å². The monoisotopic (exact) mass is 285 g/mol. The number of nitro groups is 1. The van der Waals surface area contributed by atoms with Crippen LogP contribution < -0.4 is 0 Å². The SMILES string of the molecule is O=C(O)/C(=C\c1cccc([N+](=O)[O-])c1)c1cccc(O)c1. The van der Waals surface area contributed by atoms with Gasteiger partial charge in [-0.25, -0.2) is 4.79 Å². The molecule has 106 valence electrons. The summed E-state index contributed by atoms with van der Waals surface area (Å²) in [7, 11) is 0. The number of benzene rings is 2. The van der Waals surface area contributed by atoms with Crippen molar-refractivity contribution in [3.05, 3.63) is 69.8 Å². The lowest BCUT2D eigenvalue weighted by atomic mass is 10.0. The molecular formula is C15H11NO5. The molecule has 0 saturated carbocycles. The zero-order valence-electron chi connectivity index (χ0n) is 10.8. The van der Waals surface area contributed by atoms with Gasteiger partial charge in [-0.05, 0) is 29.3 Å². The van der Waals surface area contributed by atoms with Gasteiger partial charge in [0.25, 0.3) is 5.69 Å². The van der Waals surface area contributed by atoms with Gasteiger partial charge in [0.2, 0.25) is 0 Å². The summed E-state index contributed by atoms with van der Waals surface area (Å²) in [4.78, 5) is 21.5. The van der Waals surface area contributed by atoms with Crippen LogP contribution in [0.25, 0.3) is 11.6 Å². The molecule has 2 N–H and O–H groups in total. The summed E-state index contributed by atoms with van der Waals surface area (Å²) in [5.74, 6) is -1.24. The van der Waals surface area contributed by atoms with Crippen molar-refractivity contribution in [3.63, 3.8) is 0 Å². The van der Waals surface area contributed by atoms with E-state index in [1.54, 1.807) is 6.07 Å². The second-order valence-electron chi connectivity index (χ2n) is 4.27. The summed E-state index contributed by atoms with van der Waals surface area (Å²) >= 11 is 0. The van der Waals surface area contributed by atoms with Crippen molar-refractivity contribution < 1.29 is 19.9 Å². The van der Waals surface area contributed by atoms with Crippen LogP contribution in [0.2, 0.25) is 0 Å². The summed E-state index contributed by atoms with van der Waals surface area (Å²) in [6, 6.07) is 11.5. The molecule has 0 saturated heterocycles. The third-order valence-electron chi connectivity index (χ3n) is 2.78. The highest BCUT2D eigenvalue weighted by molar-refractivity contribution is 6.20. The molecule has 21 heavy (non-hydrogen) atoms. The molecule has 0 fully saturated rings. The minimum absolute atomic E-state index is 0.0568. The van der Waals surface area contributed by atoms with Gasteiger partial charge in [-0.2, -0.15) is 0 Å². The van der Waals surface area contributed by atoms with Gasteiger partial charge in [0.15, 0.2) is 0 Å². The number of carboxylic acids is 1. The number of rotatable bonds is 4. The molecule has 0 atom stereocenters. The molecular weight excluding hydrogens is 274 g/mol. The topological polar surface area (TPSA) is 101 Å². The van der Waals surface area contributed by atoms with E-state index in [1.807, 2.05) is 0 Å². The summed E-state index contributed by atoms with van der Waals surface area (Å²) in [6.45, 7) is 0. The van der Waals surface area contributed by atoms with Crippen LogP contribution in [0.4, 0.5) is 5.69 Å². The van der Waals surface area contributed by atoms with Gasteiger partial charge >= 0.3 is 5.97 Å². The fourth-order valence-corrected chi connectivity index (χ4v) is 1.84. The van der Waals surface area contributed by atoms with Gasteiger partial charge < -0.3 is 10.2 Å². The van der Waals surface area contributed by atoms with Crippen LogP contribution in [-0.2, 0) is 4.79 Å². The molecule has 0 aliphatic heterocycles. The van der Waals surface area contributed by atoms with E-state index in [0.717, 1.165) is 0 Å². The number of hydrogen-bond donors (Lipinski definition) is 2. The highest BCUT2D eigenvalue weighted by Crippen LogP contribution is 2.23. The minimum atomic E-state index is -1.19. The smallest absolute Gasteiger partial charge is 0.336 e. The number of phenols is 1. The van der Waals surface area contributed by atoms with Crippen molar-refractivity contribution >= 4 is 23.3 Å². The maximum atomic E-state index is 11.4. The number of phenolic OH excluding ortho intramolecular Hbond substituents is 1. The fraction of sp³-hybridized carbons (Fsp3) is 0. The van der Waals surface area contributed by atoms with E-state index >= 15 is 0 Å². The van der Waals surface area contributed by atoms with E-state index in [0.29, 0.717) is 11.1 Å². The highest BCUT2D eigenvalue weighted by atomic mass is 16.6. The van der Waals surface area contributed by atoms with Crippen LogP contribution in [0.3, 0.4) is 0 Å². The third-order valence-corrected chi connectivity index (χ3v) is 2.78. The second kappa shape index (κ2) is 5.87. The van der Waals surface area contributed by atoms with E-state index in [4.69, 9.17) is 0 Å². The molecule has 0 spiro atoms. The highest BCUT2D eigenvalue weighted by Gasteiger charge is 2.12. The van der Waals surface area contributed by atoms with E-state index < -0.39 is 10.9 Å². The number of carbonyl (C=O) groups is 1. The third kappa shape index (κ3) is 3.44. The molecule has 2 rings (SSSR count). The van der Waals surface area contributed by atoms with Gasteiger partial charge in [-0.3, -0.25) is 10.1 Å². The van der Waals surface area contributed by atoms with Crippen molar-refractivity contribution in [2.45, 2.75) is 0 Å². The molecule has 0 unspecified atom stereocenters. The van der Waals surface area contributed by atoms with Crippen LogP contribution in [0.5, 0.6) is 5.75 Å². The molecule has 0 aromatic heterocycles. The lowest BCUT2D eigenvalue weighted by molar-refractivity contribution is -0.384. The lowest BCUT2D eigenvalue weighted by Crippen LogP contribution is -1.99. The molecule has 6 heteroatoms. The Morgan fingerprint density at radius 3 is 2.48 bits per heavy atom. The quantitative estimate of drug-likeness (QED) is 0.389. The molecule has 0 bridgehead atoms. The fourth-order valence-electron chi connectivity index (χ4n) is 1.84. The largest absolute Gasteiger partial charge is 0.508 e. The molecule has 0 aliphatic carbocycles. The van der Waals surface area contributed by atoms with Gasteiger partial charge in [-0.1, -0.05) is 24.3 Å². The van der Waals surface area contributed by atoms with Crippen molar-refractivity contribution in [1.29, 1.82) is 0 Å². The lowest BCUT2D eigenvalue weighted by Gasteiger charge is -2.04. The van der Waals surface area contributed by atoms with E-state index in [-0.39, 0.29) is 17.0 Å². The first-order valence-electron chi connectivity index (χ1n) is 5.96. The number of hydrogen-bond acceptors (Lipinski definition) is 4. The number of carboxylic acid groups (broad SMARTS) is 1. The van der Waals surface area contributed by atoms with Crippen molar-refractivity contribution in [3.8, 4) is 5.75 Å². The van der Waals surface area contributed by atoms with E-state index in [2.05, 4.69) is 0 Å². The molecule has 0 amide bonds. The number of nitrogens with zero attached hydrogens (tertiary/aromatic N) is 1. The Hall–Kier alpha value is -3.15. The molecule has 0 heterocycles. The Morgan fingerprint density at radius 2 is 1.86 bits per heavy atom. The van der Waals surface area contributed by atoms with Gasteiger partial charge in [0.1, 0.15) is 5.75 Å². The van der Waals surface area contributed by atoms with Crippen LogP contribution in [0, 0.1) is 10.1 Å². The van der Waals surface area contributed by atoms with Crippen LogP contribution in [0.1, 0.15) is 11.1 Å². The maximum Gasteiger partial charge on any atom is 0.336 e. The Balaban J connectivity index is 2.50. The van der Waals surface area contributed by atoms with E-state index in [1.165, 1.54) is 48.5 Å². The maximum absolute atomic E-state index is 11.4. The normalized spacial score (nSPS) is 11.1. The average molecular weight is 285 g/mol. The Morgan fingerprint density at radius 1 is 1.14 bits per heavy atom. The molecule has 2 aromatic carbocycles. The zero-order chi connectivity index (χ0) is 15.4. The Labute approximate surface area is 119 Å². The number of nitro benzene ring substituents is 1. The number of aromatic hydroxyl groups is 1. The van der Waals surface area contributed by atoms with Gasteiger partial charge in [0.05, 0.1) is 10.5 Å². The van der Waals surface area contributed by atoms with Crippen molar-refractivity contribution in [2.24, 2.45) is 0 Å². The van der Waals surface area contributed by atoms with Crippen LogP contribution in [-0.4, -0.2) is 21.1 Å². The standard InChI is InChI=1S/C15H11NO5/c17-13-6-2-4-11(9-13)14(15(18)19)8-10-3-1-5-12(7-10)16(20)21/h1-9,17H,(H,18,19)/b14-8-. The molecule has 0 radical (unpaired) electrons. The summed E-state index contributed by atoms with van der Waals surface area (Å²) in [5, 5.41) is 29.4. The first kappa shape index (κ1) is 14.3. The Kier molecular flexibility index (Phi) is 3.99. The predicted molar refractivity (Wildman–Crippen MR) is 76.7 cm³/mol. The number of non-ortho nitro benzene ring substituents is 1. The molecule has 0 aliphatic rings. The summed E-state index contributed by atoms with van der Waals surface area (Å²) in [5.41, 5.74) is 0.523. The van der Waals surface area contributed by atoms with E-state index in [9.17, 15) is 25.1 Å². The summed E-state index contributed by atoms with van der Waals surface area (Å²) in [6.07, 6.45) is 1.32. The first-order chi connectivity index (χ1) is 9.97. The van der Waals surface area contributed by atoms with Crippen LogP contribution >= 0.6 is 0 Å². The number of aliphatic carboxylic acids is 1. The summed E-state index contributed by atoms with van der Waals surface area (Å²) < 4.78 is 0. The van der Waals surface area contributed by atoms with Crippen molar-refractivity contribution in [2.75, 3.05) is 0 Å². The zero-order valence-corrected chi connectivity index (χ0v) is 10.8. The van der Waals surface area contributed by atoms with Crippen molar-refractivity contribution in [1.82, 2.24) is 0 Å². The predicted octanol–water partition coefficient (Wildman–Crippen LogP) is 2.93. The second-order valence-corrected chi connectivity index (χ2v) is 4.27. The molecule has 6 nitrogen and oxygen atoms in total. The Bertz CT molecular complexity index is 736. The molecule has 2 aromatic rings.